The number of hydrogen-bond donors (Lipinski definition) is 3. The molecule has 0 aromatic rings. The molecule has 2 atom stereocenters. The van der Waals surface area contributed by atoms with Crippen molar-refractivity contribution in [1.29, 1.82) is 0 Å². The monoisotopic (exact) mass is 275 g/mol. The molecule has 0 aliphatic carbocycles. The van der Waals surface area contributed by atoms with Crippen molar-refractivity contribution in [2.24, 2.45) is 5.73 Å². The number of carbonyl (C=O) groups is 2. The Morgan fingerprint density at radius 2 is 2.33 bits per heavy atom. The zero-order valence-corrected chi connectivity index (χ0v) is 11.4. The Kier molecular flexibility index (Phi) is 6.28. The van der Waals surface area contributed by atoms with Crippen molar-refractivity contribution in [3.63, 3.8) is 0 Å². The number of urea groups is 1. The highest BCUT2D eigenvalue weighted by Crippen LogP contribution is 2.13. The number of β-amino-alcohol motifs (C(OH)–C–C–N with tert-alkyl or cyclic N) is 1. The lowest BCUT2D eigenvalue weighted by molar-refractivity contribution is -0.136. The van der Waals surface area contributed by atoms with E-state index in [1.807, 2.05) is 6.26 Å². The Hall–Kier alpha value is -0.950. The van der Waals surface area contributed by atoms with Gasteiger partial charge in [-0.25, -0.2) is 4.79 Å². The average molecular weight is 275 g/mol. The number of piperidine rings is 1. The van der Waals surface area contributed by atoms with Crippen LogP contribution in [0.2, 0.25) is 0 Å². The van der Waals surface area contributed by atoms with Gasteiger partial charge in [0.1, 0.15) is 6.04 Å². The number of nitrogens with zero attached hydrogens (tertiary/aromatic N) is 1. The van der Waals surface area contributed by atoms with E-state index in [4.69, 9.17) is 5.73 Å². The Balaban J connectivity index is 2.58. The second-order valence-electron chi connectivity index (χ2n) is 4.42. The largest absolute Gasteiger partial charge is 0.391 e. The molecule has 1 aliphatic rings. The number of amides is 3. The molecule has 1 rings (SSSR count). The molecule has 3 amide bonds. The zero-order valence-electron chi connectivity index (χ0n) is 10.6. The van der Waals surface area contributed by atoms with Gasteiger partial charge in [0.05, 0.1) is 6.10 Å². The van der Waals surface area contributed by atoms with Gasteiger partial charge < -0.3 is 21.1 Å². The predicted octanol–water partition coefficient (Wildman–Crippen LogP) is -0.240. The van der Waals surface area contributed by atoms with Gasteiger partial charge in [0.2, 0.25) is 5.91 Å². The molecule has 4 N–H and O–H groups in total. The van der Waals surface area contributed by atoms with Crippen molar-refractivity contribution in [3.8, 4) is 0 Å². The second-order valence-corrected chi connectivity index (χ2v) is 5.41. The van der Waals surface area contributed by atoms with Gasteiger partial charge in [-0.2, -0.15) is 11.8 Å². The first-order chi connectivity index (χ1) is 8.54. The Labute approximate surface area is 111 Å². The first kappa shape index (κ1) is 15.1. The predicted molar refractivity (Wildman–Crippen MR) is 71.3 cm³/mol. The van der Waals surface area contributed by atoms with Crippen LogP contribution in [0.4, 0.5) is 4.79 Å². The highest BCUT2D eigenvalue weighted by molar-refractivity contribution is 7.98. The molecule has 7 heteroatoms. The second kappa shape index (κ2) is 7.48. The van der Waals surface area contributed by atoms with Crippen LogP contribution in [0.25, 0.3) is 0 Å². The van der Waals surface area contributed by atoms with E-state index < -0.39 is 18.2 Å². The van der Waals surface area contributed by atoms with E-state index in [2.05, 4.69) is 5.32 Å². The number of rotatable bonds is 5. The summed E-state index contributed by atoms with van der Waals surface area (Å²) in [5, 5.41) is 12.0. The van der Waals surface area contributed by atoms with Gasteiger partial charge in [0, 0.05) is 13.1 Å². The number of nitrogens with two attached hydrogens (primary N) is 1. The first-order valence-electron chi connectivity index (χ1n) is 6.06. The highest BCUT2D eigenvalue weighted by atomic mass is 32.2. The summed E-state index contributed by atoms with van der Waals surface area (Å²) in [4.78, 5) is 24.7. The molecule has 104 valence electrons. The van der Waals surface area contributed by atoms with E-state index >= 15 is 0 Å². The maximum atomic E-state index is 12.2. The van der Waals surface area contributed by atoms with Crippen LogP contribution >= 0.6 is 11.8 Å². The lowest BCUT2D eigenvalue weighted by atomic mass is 10.1. The van der Waals surface area contributed by atoms with E-state index in [1.54, 1.807) is 16.7 Å². The molecule has 1 heterocycles. The van der Waals surface area contributed by atoms with Gasteiger partial charge in [0.25, 0.3) is 0 Å². The smallest absolute Gasteiger partial charge is 0.312 e. The Morgan fingerprint density at radius 3 is 2.89 bits per heavy atom. The Morgan fingerprint density at radius 1 is 1.61 bits per heavy atom. The van der Waals surface area contributed by atoms with Crippen LogP contribution in [0, 0.1) is 0 Å². The number of likely N-dealkylation sites (tertiary alicyclic amines) is 1. The molecule has 18 heavy (non-hydrogen) atoms. The van der Waals surface area contributed by atoms with E-state index in [0.29, 0.717) is 19.5 Å². The molecule has 0 aromatic heterocycles. The molecule has 6 nitrogen and oxygen atoms in total. The summed E-state index contributed by atoms with van der Waals surface area (Å²) in [6.45, 7) is 0.973. The van der Waals surface area contributed by atoms with Crippen molar-refractivity contribution >= 4 is 23.7 Å². The molecule has 0 spiro atoms. The third kappa shape index (κ3) is 4.73. The maximum Gasteiger partial charge on any atom is 0.312 e. The number of thioether (sulfide) groups is 1. The zero-order chi connectivity index (χ0) is 13.5. The van der Waals surface area contributed by atoms with E-state index in [0.717, 1.165) is 18.6 Å². The molecule has 0 bridgehead atoms. The molecule has 0 saturated carbocycles. The first-order valence-corrected chi connectivity index (χ1v) is 7.45. The Bertz CT molecular complexity index is 301. The maximum absolute atomic E-state index is 12.2. The van der Waals surface area contributed by atoms with Gasteiger partial charge in [-0.3, -0.25) is 4.79 Å². The third-order valence-corrected chi connectivity index (χ3v) is 3.58. The summed E-state index contributed by atoms with van der Waals surface area (Å²) >= 11 is 1.61. The molecule has 1 fully saturated rings. The number of carbonyl (C=O) groups excluding carboxylic acids is 2. The molecule has 1 aliphatic heterocycles. The number of aliphatic hydroxyl groups excluding tert-OH is 1. The SMILES string of the molecule is CSCCC(NC(N)=O)C(=O)N1CCC[C@H](O)C1. The highest BCUT2D eigenvalue weighted by Gasteiger charge is 2.28. The fraction of sp³-hybridized carbons (Fsp3) is 0.818. The van der Waals surface area contributed by atoms with Crippen LogP contribution in [0.15, 0.2) is 0 Å². The third-order valence-electron chi connectivity index (χ3n) is 2.93. The molecule has 0 aromatic carbocycles. The fourth-order valence-corrected chi connectivity index (χ4v) is 2.51. The summed E-state index contributed by atoms with van der Waals surface area (Å²) in [6.07, 6.45) is 3.55. The summed E-state index contributed by atoms with van der Waals surface area (Å²) in [5.74, 6) is 0.620. The summed E-state index contributed by atoms with van der Waals surface area (Å²) in [7, 11) is 0. The van der Waals surface area contributed by atoms with Crippen LogP contribution in [0.1, 0.15) is 19.3 Å². The van der Waals surface area contributed by atoms with Crippen molar-refractivity contribution in [2.75, 3.05) is 25.1 Å². The van der Waals surface area contributed by atoms with Gasteiger partial charge >= 0.3 is 6.03 Å². The number of nitrogens with one attached hydrogen (secondary N) is 1. The summed E-state index contributed by atoms with van der Waals surface area (Å²) in [5.41, 5.74) is 5.08. The van der Waals surface area contributed by atoms with Gasteiger partial charge in [-0.1, -0.05) is 0 Å². The molecular weight excluding hydrogens is 254 g/mol. The van der Waals surface area contributed by atoms with Crippen molar-refractivity contribution in [1.82, 2.24) is 10.2 Å². The van der Waals surface area contributed by atoms with E-state index in [9.17, 15) is 14.7 Å². The van der Waals surface area contributed by atoms with Crippen LogP contribution < -0.4 is 11.1 Å². The van der Waals surface area contributed by atoms with Crippen LogP contribution in [-0.2, 0) is 4.79 Å². The number of hydrogen-bond acceptors (Lipinski definition) is 4. The topological polar surface area (TPSA) is 95.7 Å². The normalized spacial score (nSPS) is 21.4. The van der Waals surface area contributed by atoms with Crippen LogP contribution in [0.5, 0.6) is 0 Å². The van der Waals surface area contributed by atoms with E-state index in [-0.39, 0.29) is 5.91 Å². The summed E-state index contributed by atoms with van der Waals surface area (Å²) in [6, 6.07) is -1.27. The van der Waals surface area contributed by atoms with Crippen molar-refractivity contribution in [3.05, 3.63) is 0 Å². The van der Waals surface area contributed by atoms with Crippen LogP contribution in [-0.4, -0.2) is 59.2 Å². The fourth-order valence-electron chi connectivity index (χ4n) is 2.04. The molecule has 1 saturated heterocycles. The van der Waals surface area contributed by atoms with Gasteiger partial charge in [-0.15, -0.1) is 0 Å². The van der Waals surface area contributed by atoms with Gasteiger partial charge in [-0.05, 0) is 31.3 Å². The van der Waals surface area contributed by atoms with Crippen molar-refractivity contribution < 1.29 is 14.7 Å². The van der Waals surface area contributed by atoms with Crippen molar-refractivity contribution in [2.45, 2.75) is 31.4 Å². The summed E-state index contributed by atoms with van der Waals surface area (Å²) < 4.78 is 0. The number of aliphatic hydroxyl groups is 1. The number of primary amides is 1. The molecular formula is C11H21N3O3S. The van der Waals surface area contributed by atoms with E-state index in [1.165, 1.54) is 0 Å². The minimum absolute atomic E-state index is 0.151. The average Bonchev–Trinajstić information content (AvgIpc) is 2.33. The quantitative estimate of drug-likeness (QED) is 0.645. The lowest BCUT2D eigenvalue weighted by Gasteiger charge is -2.33. The minimum Gasteiger partial charge on any atom is -0.391 e. The standard InChI is InChI=1S/C11H21N3O3S/c1-18-6-4-9(13-11(12)17)10(16)14-5-2-3-8(15)7-14/h8-9,15H,2-7H2,1H3,(H3,12,13,17)/t8-,9?/m0/s1. The van der Waals surface area contributed by atoms with Gasteiger partial charge in [0.15, 0.2) is 0 Å². The molecule has 0 radical (unpaired) electrons. The minimum atomic E-state index is -0.688. The van der Waals surface area contributed by atoms with Crippen LogP contribution in [0.3, 0.4) is 0 Å². The molecule has 1 unspecified atom stereocenters. The lowest BCUT2D eigenvalue weighted by Crippen LogP contribution is -2.53.